The number of aryl methyl sites for hydroxylation is 2. The molecule has 1 fully saturated rings. The van der Waals surface area contributed by atoms with E-state index in [4.69, 9.17) is 9.47 Å². The van der Waals surface area contributed by atoms with Crippen molar-refractivity contribution in [2.75, 3.05) is 26.9 Å². The SMILES string of the molecule is CCN(C(=O)CCc1ccc(C)c(OC)c1)[C@@H]1COC[C@@H](O)[C@H]1O. The van der Waals surface area contributed by atoms with E-state index < -0.39 is 18.2 Å². The second-order valence-electron chi connectivity index (χ2n) is 6.15. The number of carbonyl (C=O) groups excluding carboxylic acids is 1. The van der Waals surface area contributed by atoms with Crippen LogP contribution in [0.4, 0.5) is 0 Å². The smallest absolute Gasteiger partial charge is 0.223 e. The van der Waals surface area contributed by atoms with Gasteiger partial charge < -0.3 is 24.6 Å². The van der Waals surface area contributed by atoms with E-state index in [9.17, 15) is 15.0 Å². The number of ether oxygens (including phenoxy) is 2. The van der Waals surface area contributed by atoms with Crippen LogP contribution in [0.1, 0.15) is 24.5 Å². The van der Waals surface area contributed by atoms with Gasteiger partial charge in [0, 0.05) is 13.0 Å². The van der Waals surface area contributed by atoms with Crippen LogP contribution >= 0.6 is 0 Å². The summed E-state index contributed by atoms with van der Waals surface area (Å²) in [5.74, 6) is 0.755. The van der Waals surface area contributed by atoms with E-state index >= 15 is 0 Å². The van der Waals surface area contributed by atoms with Gasteiger partial charge in [-0.2, -0.15) is 0 Å². The molecule has 0 radical (unpaired) electrons. The molecule has 0 bridgehead atoms. The highest BCUT2D eigenvalue weighted by atomic mass is 16.5. The van der Waals surface area contributed by atoms with E-state index in [1.165, 1.54) is 0 Å². The Bertz CT molecular complexity index is 562. The van der Waals surface area contributed by atoms with Crippen molar-refractivity contribution in [3.63, 3.8) is 0 Å². The predicted molar refractivity (Wildman–Crippen MR) is 90.1 cm³/mol. The fourth-order valence-corrected chi connectivity index (χ4v) is 3.05. The number of hydrogen-bond acceptors (Lipinski definition) is 5. The monoisotopic (exact) mass is 337 g/mol. The van der Waals surface area contributed by atoms with E-state index in [1.54, 1.807) is 12.0 Å². The molecular formula is C18H27NO5. The van der Waals surface area contributed by atoms with Crippen molar-refractivity contribution in [1.82, 2.24) is 4.90 Å². The Labute approximate surface area is 143 Å². The summed E-state index contributed by atoms with van der Waals surface area (Å²) in [4.78, 5) is 14.2. The number of amides is 1. The molecule has 24 heavy (non-hydrogen) atoms. The maximum Gasteiger partial charge on any atom is 0.223 e. The number of likely N-dealkylation sites (N-methyl/N-ethyl adjacent to an activating group) is 1. The van der Waals surface area contributed by atoms with E-state index in [1.807, 2.05) is 32.0 Å². The fourth-order valence-electron chi connectivity index (χ4n) is 3.05. The molecule has 1 saturated heterocycles. The third-order valence-corrected chi connectivity index (χ3v) is 4.53. The molecule has 1 heterocycles. The lowest BCUT2D eigenvalue weighted by atomic mass is 10.0. The van der Waals surface area contributed by atoms with Crippen LogP contribution in [0.2, 0.25) is 0 Å². The number of aliphatic hydroxyl groups excluding tert-OH is 2. The first-order valence-corrected chi connectivity index (χ1v) is 8.34. The van der Waals surface area contributed by atoms with Gasteiger partial charge in [0.2, 0.25) is 5.91 Å². The first kappa shape index (κ1) is 18.7. The summed E-state index contributed by atoms with van der Waals surface area (Å²) < 4.78 is 10.6. The molecule has 0 aliphatic carbocycles. The van der Waals surface area contributed by atoms with Crippen LogP contribution in [-0.2, 0) is 16.0 Å². The highest BCUT2D eigenvalue weighted by Gasteiger charge is 2.36. The first-order valence-electron chi connectivity index (χ1n) is 8.34. The van der Waals surface area contributed by atoms with Crippen LogP contribution in [-0.4, -0.2) is 66.1 Å². The Morgan fingerprint density at radius 3 is 2.79 bits per heavy atom. The Balaban J connectivity index is 1.99. The summed E-state index contributed by atoms with van der Waals surface area (Å²) in [5.41, 5.74) is 2.08. The molecule has 0 unspecified atom stereocenters. The number of aliphatic hydroxyl groups is 2. The minimum atomic E-state index is -0.970. The highest BCUT2D eigenvalue weighted by Crippen LogP contribution is 2.21. The topological polar surface area (TPSA) is 79.2 Å². The average molecular weight is 337 g/mol. The molecule has 0 aromatic heterocycles. The van der Waals surface area contributed by atoms with Gasteiger partial charge in [0.05, 0.1) is 26.4 Å². The fraction of sp³-hybridized carbons (Fsp3) is 0.611. The number of methoxy groups -OCH3 is 1. The molecule has 0 saturated carbocycles. The van der Waals surface area contributed by atoms with Crippen molar-refractivity contribution in [2.45, 2.75) is 44.9 Å². The van der Waals surface area contributed by atoms with E-state index in [0.29, 0.717) is 19.4 Å². The molecule has 6 heteroatoms. The molecule has 1 aromatic rings. The van der Waals surface area contributed by atoms with E-state index in [-0.39, 0.29) is 19.1 Å². The van der Waals surface area contributed by atoms with Gasteiger partial charge >= 0.3 is 0 Å². The Hall–Kier alpha value is -1.63. The largest absolute Gasteiger partial charge is 0.496 e. The first-order chi connectivity index (χ1) is 11.5. The number of nitrogens with zero attached hydrogens (tertiary/aromatic N) is 1. The summed E-state index contributed by atoms with van der Waals surface area (Å²) in [6.07, 6.45) is -0.994. The van der Waals surface area contributed by atoms with Crippen molar-refractivity contribution in [1.29, 1.82) is 0 Å². The molecule has 1 aliphatic heterocycles. The molecule has 2 rings (SSSR count). The van der Waals surface area contributed by atoms with Crippen LogP contribution < -0.4 is 4.74 Å². The summed E-state index contributed by atoms with van der Waals surface area (Å²) in [7, 11) is 1.63. The lowest BCUT2D eigenvalue weighted by molar-refractivity contribution is -0.155. The summed E-state index contributed by atoms with van der Waals surface area (Å²) >= 11 is 0. The summed E-state index contributed by atoms with van der Waals surface area (Å²) in [6.45, 7) is 4.65. The van der Waals surface area contributed by atoms with Crippen LogP contribution in [0.15, 0.2) is 18.2 Å². The summed E-state index contributed by atoms with van der Waals surface area (Å²) in [6, 6.07) is 5.41. The van der Waals surface area contributed by atoms with E-state index in [2.05, 4.69) is 0 Å². The van der Waals surface area contributed by atoms with E-state index in [0.717, 1.165) is 16.9 Å². The number of benzene rings is 1. The lowest BCUT2D eigenvalue weighted by Gasteiger charge is -2.39. The number of rotatable bonds is 6. The highest BCUT2D eigenvalue weighted by molar-refractivity contribution is 5.77. The van der Waals surface area contributed by atoms with Gasteiger partial charge in [-0.3, -0.25) is 4.79 Å². The standard InChI is InChI=1S/C18H27NO5/c1-4-19(14-10-24-11-15(20)18(14)22)17(21)8-7-13-6-5-12(2)16(9-13)23-3/h5-6,9,14-15,18,20,22H,4,7-8,10-11H2,1-3H3/t14-,15-,18+/m1/s1. The molecule has 1 aliphatic rings. The van der Waals surface area contributed by atoms with Crippen molar-refractivity contribution in [3.05, 3.63) is 29.3 Å². The van der Waals surface area contributed by atoms with Crippen molar-refractivity contribution in [3.8, 4) is 5.75 Å². The third-order valence-electron chi connectivity index (χ3n) is 4.53. The van der Waals surface area contributed by atoms with Gasteiger partial charge in [0.1, 0.15) is 18.0 Å². The molecular weight excluding hydrogens is 310 g/mol. The van der Waals surface area contributed by atoms with Crippen LogP contribution in [0.5, 0.6) is 5.75 Å². The van der Waals surface area contributed by atoms with Gasteiger partial charge in [-0.1, -0.05) is 12.1 Å². The minimum absolute atomic E-state index is 0.0567. The van der Waals surface area contributed by atoms with Gasteiger partial charge in [-0.15, -0.1) is 0 Å². The Morgan fingerprint density at radius 2 is 2.12 bits per heavy atom. The normalized spacial score (nSPS) is 23.8. The molecule has 1 amide bonds. The summed E-state index contributed by atoms with van der Waals surface area (Å²) in [5, 5.41) is 19.9. The zero-order valence-electron chi connectivity index (χ0n) is 14.6. The minimum Gasteiger partial charge on any atom is -0.496 e. The zero-order chi connectivity index (χ0) is 17.7. The predicted octanol–water partition coefficient (Wildman–Crippen LogP) is 0.905. The third kappa shape index (κ3) is 4.26. The maximum atomic E-state index is 12.6. The van der Waals surface area contributed by atoms with Crippen molar-refractivity contribution >= 4 is 5.91 Å². The molecule has 6 nitrogen and oxygen atoms in total. The molecule has 3 atom stereocenters. The molecule has 2 N–H and O–H groups in total. The van der Waals surface area contributed by atoms with Gasteiger partial charge in [0.25, 0.3) is 0 Å². The Morgan fingerprint density at radius 1 is 1.38 bits per heavy atom. The number of hydrogen-bond donors (Lipinski definition) is 2. The quantitative estimate of drug-likeness (QED) is 0.806. The molecule has 0 spiro atoms. The second kappa shape index (κ2) is 8.46. The van der Waals surface area contributed by atoms with Crippen LogP contribution in [0, 0.1) is 6.92 Å². The molecule has 1 aromatic carbocycles. The Kier molecular flexibility index (Phi) is 6.60. The van der Waals surface area contributed by atoms with Crippen molar-refractivity contribution < 1.29 is 24.5 Å². The van der Waals surface area contributed by atoms with Crippen LogP contribution in [0.25, 0.3) is 0 Å². The zero-order valence-corrected chi connectivity index (χ0v) is 14.6. The lowest BCUT2D eigenvalue weighted by Crippen LogP contribution is -2.57. The van der Waals surface area contributed by atoms with Crippen LogP contribution in [0.3, 0.4) is 0 Å². The molecule has 134 valence electrons. The maximum absolute atomic E-state index is 12.6. The van der Waals surface area contributed by atoms with Gasteiger partial charge in [-0.25, -0.2) is 0 Å². The van der Waals surface area contributed by atoms with Gasteiger partial charge in [-0.05, 0) is 37.5 Å². The second-order valence-corrected chi connectivity index (χ2v) is 6.15. The number of carbonyl (C=O) groups is 1. The van der Waals surface area contributed by atoms with Gasteiger partial charge in [0.15, 0.2) is 0 Å². The van der Waals surface area contributed by atoms with Crippen molar-refractivity contribution in [2.24, 2.45) is 0 Å². The average Bonchev–Trinajstić information content (AvgIpc) is 2.58.